The minimum Gasteiger partial charge on any atom is -0.300 e. The smallest absolute Gasteiger partial charge is 0.132 e. The van der Waals surface area contributed by atoms with Crippen LogP contribution in [0.3, 0.4) is 0 Å². The van der Waals surface area contributed by atoms with E-state index in [0.29, 0.717) is 11.7 Å². The highest BCUT2D eigenvalue weighted by molar-refractivity contribution is 5.78. The van der Waals surface area contributed by atoms with Gasteiger partial charge in [-0.15, -0.1) is 0 Å². The van der Waals surface area contributed by atoms with Crippen LogP contribution in [0.1, 0.15) is 90.9 Å². The molecule has 0 aromatic heterocycles. The summed E-state index contributed by atoms with van der Waals surface area (Å²) in [4.78, 5) is 11.6. The van der Waals surface area contributed by atoms with E-state index in [0.717, 1.165) is 29.6 Å². The Morgan fingerprint density at radius 2 is 1.32 bits per heavy atom. The Labute approximate surface area is 137 Å². The minimum atomic E-state index is 0.400. The van der Waals surface area contributed by atoms with E-state index in [-0.39, 0.29) is 0 Å². The second-order valence-electron chi connectivity index (χ2n) is 8.78. The lowest BCUT2D eigenvalue weighted by atomic mass is 9.60. The first-order valence-electron chi connectivity index (χ1n) is 10.2. The molecular weight excluding hydrogens is 268 g/mol. The van der Waals surface area contributed by atoms with Crippen molar-refractivity contribution in [3.8, 4) is 0 Å². The normalized spacial score (nSPS) is 42.6. The minimum absolute atomic E-state index is 0.400. The predicted octanol–water partition coefficient (Wildman–Crippen LogP) is 6.01. The molecule has 0 unspecified atom stereocenters. The molecule has 1 nitrogen and oxygen atoms in total. The maximum atomic E-state index is 11.6. The summed E-state index contributed by atoms with van der Waals surface area (Å²) in [6.07, 6.45) is 17.0. The molecule has 0 radical (unpaired) electrons. The fraction of sp³-hybridized carbons (Fsp3) is 0.952. The molecule has 0 spiro atoms. The van der Waals surface area contributed by atoms with E-state index in [2.05, 4.69) is 6.92 Å². The SMILES string of the molecule is CCC[C@H]1CC[C@@H]2C[C@H](C3CCC(C(C)=O)CC3)CC[C@H]2C1. The van der Waals surface area contributed by atoms with Gasteiger partial charge in [0, 0.05) is 5.92 Å². The molecule has 22 heavy (non-hydrogen) atoms. The number of ketones is 1. The number of hydrogen-bond acceptors (Lipinski definition) is 1. The fourth-order valence-electron chi connectivity index (χ4n) is 6.12. The van der Waals surface area contributed by atoms with E-state index in [4.69, 9.17) is 0 Å². The number of rotatable bonds is 4. The topological polar surface area (TPSA) is 17.1 Å². The Kier molecular flexibility index (Phi) is 5.63. The van der Waals surface area contributed by atoms with Crippen LogP contribution < -0.4 is 0 Å². The summed E-state index contributed by atoms with van der Waals surface area (Å²) in [5.41, 5.74) is 0. The maximum absolute atomic E-state index is 11.6. The van der Waals surface area contributed by atoms with E-state index in [1.165, 1.54) is 70.6 Å². The molecule has 1 heteroatoms. The second-order valence-corrected chi connectivity index (χ2v) is 8.78. The van der Waals surface area contributed by atoms with Crippen LogP contribution in [-0.4, -0.2) is 5.78 Å². The monoisotopic (exact) mass is 304 g/mol. The molecule has 4 atom stereocenters. The summed E-state index contributed by atoms with van der Waals surface area (Å²) in [6.45, 7) is 4.14. The molecule has 0 bridgehead atoms. The molecule has 0 aromatic rings. The van der Waals surface area contributed by atoms with Gasteiger partial charge in [0.05, 0.1) is 0 Å². The van der Waals surface area contributed by atoms with Crippen LogP contribution >= 0.6 is 0 Å². The summed E-state index contributed by atoms with van der Waals surface area (Å²) in [5.74, 6) is 5.96. The lowest BCUT2D eigenvalue weighted by Gasteiger charge is -2.45. The highest BCUT2D eigenvalue weighted by Crippen LogP contribution is 2.49. The van der Waals surface area contributed by atoms with Crippen molar-refractivity contribution in [1.29, 1.82) is 0 Å². The van der Waals surface area contributed by atoms with E-state index in [1.54, 1.807) is 13.3 Å². The van der Waals surface area contributed by atoms with Gasteiger partial charge in [0.2, 0.25) is 0 Å². The lowest BCUT2D eigenvalue weighted by molar-refractivity contribution is -0.122. The van der Waals surface area contributed by atoms with Gasteiger partial charge < -0.3 is 0 Å². The van der Waals surface area contributed by atoms with Crippen LogP contribution in [0.25, 0.3) is 0 Å². The first-order chi connectivity index (χ1) is 10.7. The number of carbonyl (C=O) groups excluding carboxylic acids is 1. The largest absolute Gasteiger partial charge is 0.300 e. The zero-order valence-electron chi connectivity index (χ0n) is 14.9. The zero-order chi connectivity index (χ0) is 15.5. The molecule has 0 aliphatic heterocycles. The summed E-state index contributed by atoms with van der Waals surface area (Å²) in [5, 5.41) is 0. The average Bonchev–Trinajstić information content (AvgIpc) is 2.55. The van der Waals surface area contributed by atoms with Gasteiger partial charge in [-0.2, -0.15) is 0 Å². The Bertz CT molecular complexity index is 366. The lowest BCUT2D eigenvalue weighted by Crippen LogP contribution is -2.35. The van der Waals surface area contributed by atoms with Crippen molar-refractivity contribution in [3.63, 3.8) is 0 Å². The molecule has 3 aliphatic carbocycles. The van der Waals surface area contributed by atoms with Gasteiger partial charge in [0.25, 0.3) is 0 Å². The van der Waals surface area contributed by atoms with Crippen LogP contribution in [0.2, 0.25) is 0 Å². The Morgan fingerprint density at radius 3 is 1.95 bits per heavy atom. The molecule has 0 amide bonds. The van der Waals surface area contributed by atoms with Crippen molar-refractivity contribution < 1.29 is 4.79 Å². The molecule has 3 aliphatic rings. The predicted molar refractivity (Wildman–Crippen MR) is 92.7 cm³/mol. The van der Waals surface area contributed by atoms with Crippen molar-refractivity contribution >= 4 is 5.78 Å². The first-order valence-corrected chi connectivity index (χ1v) is 10.2. The van der Waals surface area contributed by atoms with Gasteiger partial charge in [-0.25, -0.2) is 0 Å². The Morgan fingerprint density at radius 1 is 0.773 bits per heavy atom. The van der Waals surface area contributed by atoms with Gasteiger partial charge in [-0.3, -0.25) is 4.79 Å². The van der Waals surface area contributed by atoms with Gasteiger partial charge >= 0.3 is 0 Å². The highest BCUT2D eigenvalue weighted by atomic mass is 16.1. The third-order valence-corrected chi connectivity index (χ3v) is 7.47. The number of Topliss-reactive ketones (excluding diaryl/α,β-unsaturated/α-hetero) is 1. The van der Waals surface area contributed by atoms with Crippen molar-refractivity contribution in [2.75, 3.05) is 0 Å². The van der Waals surface area contributed by atoms with Crippen molar-refractivity contribution in [2.24, 2.45) is 35.5 Å². The zero-order valence-corrected chi connectivity index (χ0v) is 14.9. The molecule has 3 saturated carbocycles. The van der Waals surface area contributed by atoms with Crippen LogP contribution in [0.4, 0.5) is 0 Å². The summed E-state index contributed by atoms with van der Waals surface area (Å²) >= 11 is 0. The quantitative estimate of drug-likeness (QED) is 0.621. The molecule has 126 valence electrons. The average molecular weight is 305 g/mol. The Balaban J connectivity index is 1.48. The number of fused-ring (bicyclic) bond motifs is 1. The van der Waals surface area contributed by atoms with Gasteiger partial charge in [-0.05, 0) is 94.3 Å². The third-order valence-electron chi connectivity index (χ3n) is 7.47. The molecular formula is C21H36O. The summed E-state index contributed by atoms with van der Waals surface area (Å²) in [7, 11) is 0. The first kappa shape index (κ1) is 16.5. The van der Waals surface area contributed by atoms with E-state index >= 15 is 0 Å². The molecule has 3 rings (SSSR count). The molecule has 0 saturated heterocycles. The van der Waals surface area contributed by atoms with Gasteiger partial charge in [0.1, 0.15) is 5.78 Å². The summed E-state index contributed by atoms with van der Waals surface area (Å²) < 4.78 is 0. The molecule has 0 aromatic carbocycles. The highest BCUT2D eigenvalue weighted by Gasteiger charge is 2.38. The van der Waals surface area contributed by atoms with E-state index in [1.807, 2.05) is 0 Å². The molecule has 0 heterocycles. The standard InChI is InChI=1S/C21H36O/c1-3-4-16-5-6-21-14-20(12-11-19(21)13-16)18-9-7-17(8-10-18)15(2)22/h16-21H,3-14H2,1-2H3/t16-,17?,18?,19-,20+,21+/m0/s1. The van der Waals surface area contributed by atoms with Crippen LogP contribution in [0, 0.1) is 35.5 Å². The molecule has 3 fully saturated rings. The van der Waals surface area contributed by atoms with Crippen molar-refractivity contribution in [2.45, 2.75) is 90.9 Å². The Hall–Kier alpha value is -0.330. The van der Waals surface area contributed by atoms with E-state index < -0.39 is 0 Å². The van der Waals surface area contributed by atoms with Crippen LogP contribution in [-0.2, 0) is 4.79 Å². The molecule has 0 N–H and O–H groups in total. The van der Waals surface area contributed by atoms with Crippen molar-refractivity contribution in [1.82, 2.24) is 0 Å². The van der Waals surface area contributed by atoms with Crippen molar-refractivity contribution in [3.05, 3.63) is 0 Å². The van der Waals surface area contributed by atoms with Crippen LogP contribution in [0.15, 0.2) is 0 Å². The maximum Gasteiger partial charge on any atom is 0.132 e. The third kappa shape index (κ3) is 3.77. The van der Waals surface area contributed by atoms with E-state index in [9.17, 15) is 4.79 Å². The second kappa shape index (κ2) is 7.49. The number of hydrogen-bond donors (Lipinski definition) is 0. The van der Waals surface area contributed by atoms with Gasteiger partial charge in [-0.1, -0.05) is 26.2 Å². The summed E-state index contributed by atoms with van der Waals surface area (Å²) in [6, 6.07) is 0. The number of carbonyl (C=O) groups is 1. The fourth-order valence-corrected chi connectivity index (χ4v) is 6.12. The van der Waals surface area contributed by atoms with Gasteiger partial charge in [0.15, 0.2) is 0 Å². The van der Waals surface area contributed by atoms with Crippen LogP contribution in [0.5, 0.6) is 0 Å².